The highest BCUT2D eigenvalue weighted by Gasteiger charge is 2.11. The molecule has 3 aromatic rings. The van der Waals surface area contributed by atoms with Gasteiger partial charge in [-0.05, 0) is 31.2 Å². The van der Waals surface area contributed by atoms with Crippen molar-refractivity contribution >= 4 is 40.2 Å². The van der Waals surface area contributed by atoms with Crippen molar-refractivity contribution in [2.45, 2.75) is 6.92 Å². The molecule has 0 aliphatic heterocycles. The van der Waals surface area contributed by atoms with E-state index in [0.717, 1.165) is 16.7 Å². The third kappa shape index (κ3) is 2.28. The Balaban J connectivity index is 2.28. The summed E-state index contributed by atoms with van der Waals surface area (Å²) in [5.74, 6) is 0.120. The summed E-state index contributed by atoms with van der Waals surface area (Å²) in [5.41, 5.74) is 9.50. The fourth-order valence-corrected chi connectivity index (χ4v) is 2.50. The number of nitrogens with zero attached hydrogens (tertiary/aromatic N) is 3. The molecule has 0 atom stereocenters. The van der Waals surface area contributed by atoms with Crippen molar-refractivity contribution in [3.05, 3.63) is 45.9 Å². The van der Waals surface area contributed by atoms with Gasteiger partial charge in [0.2, 0.25) is 5.95 Å². The SMILES string of the molecule is Cc1ccc(Cl)c(-c2cc3nnc(N)nc3cc2Cl)c1. The van der Waals surface area contributed by atoms with Crippen LogP contribution in [0.3, 0.4) is 0 Å². The third-order valence-corrected chi connectivity index (χ3v) is 3.61. The van der Waals surface area contributed by atoms with E-state index in [1.54, 1.807) is 6.07 Å². The van der Waals surface area contributed by atoms with Gasteiger partial charge in [-0.15, -0.1) is 10.2 Å². The lowest BCUT2D eigenvalue weighted by atomic mass is 10.0. The van der Waals surface area contributed by atoms with Crippen LogP contribution in [0.25, 0.3) is 22.2 Å². The zero-order valence-corrected chi connectivity index (χ0v) is 12.1. The van der Waals surface area contributed by atoms with Gasteiger partial charge in [-0.3, -0.25) is 0 Å². The summed E-state index contributed by atoms with van der Waals surface area (Å²) >= 11 is 12.6. The van der Waals surface area contributed by atoms with Crippen molar-refractivity contribution in [2.24, 2.45) is 0 Å². The van der Waals surface area contributed by atoms with E-state index >= 15 is 0 Å². The van der Waals surface area contributed by atoms with E-state index in [4.69, 9.17) is 28.9 Å². The normalized spacial score (nSPS) is 10.9. The van der Waals surface area contributed by atoms with Crippen LogP contribution in [0.5, 0.6) is 0 Å². The number of halogens is 2. The number of nitrogen functional groups attached to an aromatic ring is 1. The van der Waals surface area contributed by atoms with Crippen molar-refractivity contribution in [2.75, 3.05) is 5.73 Å². The Bertz CT molecular complexity index is 818. The molecule has 0 saturated heterocycles. The van der Waals surface area contributed by atoms with Crippen molar-refractivity contribution in [1.82, 2.24) is 15.2 Å². The quantitative estimate of drug-likeness (QED) is 0.740. The second-order valence-corrected chi connectivity index (χ2v) is 5.29. The lowest BCUT2D eigenvalue weighted by Crippen LogP contribution is -1.98. The molecule has 0 unspecified atom stereocenters. The summed E-state index contributed by atoms with van der Waals surface area (Å²) < 4.78 is 0. The first-order valence-electron chi connectivity index (χ1n) is 5.90. The summed E-state index contributed by atoms with van der Waals surface area (Å²) in [6.07, 6.45) is 0. The highest BCUT2D eigenvalue weighted by Crippen LogP contribution is 2.35. The van der Waals surface area contributed by atoms with Crippen molar-refractivity contribution in [3.8, 4) is 11.1 Å². The van der Waals surface area contributed by atoms with E-state index in [-0.39, 0.29) is 5.95 Å². The molecule has 100 valence electrons. The lowest BCUT2D eigenvalue weighted by molar-refractivity contribution is 1.04. The van der Waals surface area contributed by atoms with Gasteiger partial charge in [0.15, 0.2) is 0 Å². The first-order valence-corrected chi connectivity index (χ1v) is 6.66. The molecule has 0 amide bonds. The van der Waals surface area contributed by atoms with Crippen LogP contribution >= 0.6 is 23.2 Å². The van der Waals surface area contributed by atoms with Crippen LogP contribution < -0.4 is 5.73 Å². The Morgan fingerprint density at radius 1 is 0.900 bits per heavy atom. The second kappa shape index (κ2) is 4.89. The van der Waals surface area contributed by atoms with Crippen LogP contribution in [0.4, 0.5) is 5.95 Å². The Labute approximate surface area is 125 Å². The molecule has 0 fully saturated rings. The lowest BCUT2D eigenvalue weighted by Gasteiger charge is -2.09. The molecule has 1 heterocycles. The number of aromatic nitrogens is 3. The molecule has 0 bridgehead atoms. The fraction of sp³-hybridized carbons (Fsp3) is 0.0714. The van der Waals surface area contributed by atoms with E-state index in [1.807, 2.05) is 31.2 Å². The molecule has 20 heavy (non-hydrogen) atoms. The van der Waals surface area contributed by atoms with Gasteiger partial charge < -0.3 is 5.73 Å². The zero-order valence-electron chi connectivity index (χ0n) is 10.6. The third-order valence-electron chi connectivity index (χ3n) is 2.97. The van der Waals surface area contributed by atoms with Crippen molar-refractivity contribution < 1.29 is 0 Å². The molecule has 0 radical (unpaired) electrons. The van der Waals surface area contributed by atoms with Crippen LogP contribution in [0.15, 0.2) is 30.3 Å². The van der Waals surface area contributed by atoms with Crippen molar-refractivity contribution in [3.63, 3.8) is 0 Å². The topological polar surface area (TPSA) is 64.7 Å². The molecule has 0 saturated carbocycles. The smallest absolute Gasteiger partial charge is 0.240 e. The van der Waals surface area contributed by atoms with Gasteiger partial charge in [-0.2, -0.15) is 0 Å². The van der Waals surface area contributed by atoms with Gasteiger partial charge in [0.1, 0.15) is 5.52 Å². The molecule has 6 heteroatoms. The number of fused-ring (bicyclic) bond motifs is 1. The Morgan fingerprint density at radius 2 is 1.65 bits per heavy atom. The average Bonchev–Trinajstić information content (AvgIpc) is 2.41. The molecule has 0 aliphatic carbocycles. The number of hydrogen-bond acceptors (Lipinski definition) is 4. The maximum Gasteiger partial charge on any atom is 0.240 e. The number of nitrogens with two attached hydrogens (primary N) is 1. The highest BCUT2D eigenvalue weighted by molar-refractivity contribution is 6.37. The minimum Gasteiger partial charge on any atom is -0.366 e. The average molecular weight is 305 g/mol. The number of benzene rings is 2. The second-order valence-electron chi connectivity index (χ2n) is 4.47. The summed E-state index contributed by atoms with van der Waals surface area (Å²) in [6.45, 7) is 2.00. The zero-order chi connectivity index (χ0) is 14.3. The predicted molar refractivity (Wildman–Crippen MR) is 81.9 cm³/mol. The Hall–Kier alpha value is -1.91. The molecule has 1 aromatic heterocycles. The number of aryl methyl sites for hydroxylation is 1. The Kier molecular flexibility index (Phi) is 3.20. The molecule has 0 aliphatic rings. The van der Waals surface area contributed by atoms with Gasteiger partial charge in [0.05, 0.1) is 10.5 Å². The van der Waals surface area contributed by atoms with Gasteiger partial charge >= 0.3 is 0 Å². The fourth-order valence-electron chi connectivity index (χ4n) is 2.02. The van der Waals surface area contributed by atoms with Crippen LogP contribution in [-0.4, -0.2) is 15.2 Å². The van der Waals surface area contributed by atoms with Gasteiger partial charge in [-0.25, -0.2) is 4.98 Å². The molecule has 2 aromatic carbocycles. The van der Waals surface area contributed by atoms with Gasteiger partial charge in [-0.1, -0.05) is 34.8 Å². The van der Waals surface area contributed by atoms with E-state index in [9.17, 15) is 0 Å². The minimum absolute atomic E-state index is 0.120. The monoisotopic (exact) mass is 304 g/mol. The van der Waals surface area contributed by atoms with E-state index in [0.29, 0.717) is 21.1 Å². The van der Waals surface area contributed by atoms with E-state index in [2.05, 4.69) is 15.2 Å². The summed E-state index contributed by atoms with van der Waals surface area (Å²) in [4.78, 5) is 4.10. The first kappa shape index (κ1) is 13.1. The molecule has 4 nitrogen and oxygen atoms in total. The molecule has 0 spiro atoms. The molecule has 2 N–H and O–H groups in total. The van der Waals surface area contributed by atoms with Gasteiger partial charge in [0.25, 0.3) is 0 Å². The summed E-state index contributed by atoms with van der Waals surface area (Å²) in [7, 11) is 0. The summed E-state index contributed by atoms with van der Waals surface area (Å²) in [5, 5.41) is 8.95. The van der Waals surface area contributed by atoms with Crippen LogP contribution in [-0.2, 0) is 0 Å². The maximum atomic E-state index is 6.33. The number of anilines is 1. The number of hydrogen-bond donors (Lipinski definition) is 1. The standard InChI is InChI=1S/C14H10Cl2N4/c1-7-2-3-10(15)8(4-7)9-5-13-12(6-11(9)16)18-14(17)20-19-13/h2-6H,1H3,(H2,17,18,20). The molecule has 3 rings (SSSR count). The highest BCUT2D eigenvalue weighted by atomic mass is 35.5. The number of rotatable bonds is 1. The molecular weight excluding hydrogens is 295 g/mol. The van der Waals surface area contributed by atoms with Crippen molar-refractivity contribution in [1.29, 1.82) is 0 Å². The predicted octanol–water partition coefficient (Wildman–Crippen LogP) is 3.89. The molecular formula is C14H10Cl2N4. The van der Waals surface area contributed by atoms with Gasteiger partial charge in [0, 0.05) is 16.1 Å². The van der Waals surface area contributed by atoms with Crippen LogP contribution in [0.2, 0.25) is 10.0 Å². The largest absolute Gasteiger partial charge is 0.366 e. The minimum atomic E-state index is 0.120. The van der Waals surface area contributed by atoms with E-state index in [1.165, 1.54) is 0 Å². The van der Waals surface area contributed by atoms with Crippen LogP contribution in [0, 0.1) is 6.92 Å². The van der Waals surface area contributed by atoms with E-state index < -0.39 is 0 Å². The summed E-state index contributed by atoms with van der Waals surface area (Å²) in [6, 6.07) is 9.31. The first-order chi connectivity index (χ1) is 9.54. The van der Waals surface area contributed by atoms with Crippen LogP contribution in [0.1, 0.15) is 5.56 Å². The maximum absolute atomic E-state index is 6.33. The Morgan fingerprint density at radius 3 is 2.45 bits per heavy atom.